The number of ether oxygens (including phenoxy) is 1. The predicted molar refractivity (Wildman–Crippen MR) is 24.7 cm³/mol. The molecule has 1 atom stereocenters. The Labute approximate surface area is 46.2 Å². The van der Waals surface area contributed by atoms with E-state index in [1.54, 1.807) is 0 Å². The van der Waals surface area contributed by atoms with E-state index < -0.39 is 14.4 Å². The van der Waals surface area contributed by atoms with Crippen molar-refractivity contribution in [3.8, 4) is 0 Å². The molecular weight excluding hydrogens is 135 g/mol. The topological polar surface area (TPSA) is 72.8 Å². The number of carbonyl (C=O) groups is 1. The van der Waals surface area contributed by atoms with Gasteiger partial charge in [-0.05, 0) is 0 Å². The quantitative estimate of drug-likeness (QED) is 0.414. The van der Waals surface area contributed by atoms with Crippen LogP contribution in [0.15, 0.2) is 0 Å². The summed E-state index contributed by atoms with van der Waals surface area (Å²) in [5, 5.41) is 0. The summed E-state index contributed by atoms with van der Waals surface area (Å²) >= 11 is 0. The van der Waals surface area contributed by atoms with Gasteiger partial charge in [-0.15, -0.1) is 0 Å². The molecule has 1 unspecified atom stereocenters. The SMILES string of the molecule is COC(=O)O[PH](=O)O. The third kappa shape index (κ3) is 3.64. The molecule has 0 fully saturated rings. The highest BCUT2D eigenvalue weighted by Gasteiger charge is 2.01. The molecule has 0 aromatic carbocycles. The Morgan fingerprint density at radius 1 is 1.75 bits per heavy atom. The fraction of sp³-hybridized carbons (Fsp3) is 0.500. The molecule has 1 N–H and O–H groups in total. The molecule has 0 amide bonds. The van der Waals surface area contributed by atoms with Crippen molar-refractivity contribution in [3.05, 3.63) is 0 Å². The van der Waals surface area contributed by atoms with Crippen molar-refractivity contribution in [1.29, 1.82) is 0 Å². The Morgan fingerprint density at radius 2 is 2.25 bits per heavy atom. The molecular formula is C2H5O5P. The van der Waals surface area contributed by atoms with Gasteiger partial charge in [-0.25, -0.2) is 9.36 Å². The van der Waals surface area contributed by atoms with Gasteiger partial charge >= 0.3 is 14.4 Å². The molecule has 0 radical (unpaired) electrons. The first-order valence-electron chi connectivity index (χ1n) is 1.65. The zero-order valence-corrected chi connectivity index (χ0v) is 5.08. The van der Waals surface area contributed by atoms with E-state index in [2.05, 4.69) is 9.26 Å². The van der Waals surface area contributed by atoms with E-state index in [0.29, 0.717) is 0 Å². The summed E-state index contributed by atoms with van der Waals surface area (Å²) in [5.41, 5.74) is 0. The molecule has 8 heavy (non-hydrogen) atoms. The molecule has 6 heteroatoms. The Bertz CT molecular complexity index is 109. The van der Waals surface area contributed by atoms with Gasteiger partial charge in [-0.1, -0.05) is 0 Å². The standard InChI is InChI=1S/C2H5O5P/c1-6-2(3)7-8(4)5/h8H,1H3,(H,4,5). The molecule has 0 aliphatic heterocycles. The highest BCUT2D eigenvalue weighted by Crippen LogP contribution is 2.14. The van der Waals surface area contributed by atoms with Crippen molar-refractivity contribution < 1.29 is 23.5 Å². The van der Waals surface area contributed by atoms with E-state index in [1.807, 2.05) is 0 Å². The van der Waals surface area contributed by atoms with Crippen molar-refractivity contribution in [3.63, 3.8) is 0 Å². The molecule has 0 bridgehead atoms. The molecule has 0 heterocycles. The average molecular weight is 140 g/mol. The fourth-order valence-corrected chi connectivity index (χ4v) is 0.339. The predicted octanol–water partition coefficient (Wildman–Crippen LogP) is 0.151. The number of rotatable bonds is 1. The van der Waals surface area contributed by atoms with E-state index in [9.17, 15) is 9.36 Å². The van der Waals surface area contributed by atoms with Crippen LogP contribution in [0.2, 0.25) is 0 Å². The second-order valence-corrected chi connectivity index (χ2v) is 1.56. The Morgan fingerprint density at radius 3 is 2.38 bits per heavy atom. The van der Waals surface area contributed by atoms with Crippen molar-refractivity contribution in [2.24, 2.45) is 0 Å². The van der Waals surface area contributed by atoms with Gasteiger partial charge in [0.15, 0.2) is 0 Å². The second-order valence-electron chi connectivity index (χ2n) is 0.822. The van der Waals surface area contributed by atoms with Gasteiger partial charge in [0.2, 0.25) is 0 Å². The Hall–Kier alpha value is -0.540. The molecule has 0 saturated carbocycles. The molecule has 0 aliphatic carbocycles. The summed E-state index contributed by atoms with van der Waals surface area (Å²) in [5.74, 6) is 0. The first-order chi connectivity index (χ1) is 3.66. The number of hydrogen-bond donors (Lipinski definition) is 1. The van der Waals surface area contributed by atoms with Crippen molar-refractivity contribution in [2.75, 3.05) is 7.11 Å². The van der Waals surface area contributed by atoms with E-state index in [-0.39, 0.29) is 0 Å². The molecule has 0 spiro atoms. The molecule has 0 aromatic rings. The van der Waals surface area contributed by atoms with Gasteiger partial charge in [-0.2, -0.15) is 0 Å². The normalized spacial score (nSPS) is 12.2. The van der Waals surface area contributed by atoms with E-state index in [1.165, 1.54) is 0 Å². The van der Waals surface area contributed by atoms with Gasteiger partial charge in [0.1, 0.15) is 0 Å². The summed E-state index contributed by atoms with van der Waals surface area (Å²) in [6.07, 6.45) is -1.14. The average Bonchev–Trinajstić information content (AvgIpc) is 1.65. The minimum Gasteiger partial charge on any atom is -0.437 e. The molecule has 0 aliphatic rings. The van der Waals surface area contributed by atoms with E-state index in [4.69, 9.17) is 4.89 Å². The van der Waals surface area contributed by atoms with Crippen LogP contribution >= 0.6 is 8.25 Å². The maximum atomic E-state index is 9.84. The Kier molecular flexibility index (Phi) is 3.23. The zero-order valence-electron chi connectivity index (χ0n) is 4.08. The summed E-state index contributed by atoms with van der Waals surface area (Å²) in [6.45, 7) is 0. The third-order valence-corrected chi connectivity index (χ3v) is 0.679. The van der Waals surface area contributed by atoms with Crippen LogP contribution in [0.25, 0.3) is 0 Å². The zero-order chi connectivity index (χ0) is 6.57. The van der Waals surface area contributed by atoms with Crippen LogP contribution in [-0.2, 0) is 13.8 Å². The van der Waals surface area contributed by atoms with Crippen LogP contribution in [0.3, 0.4) is 0 Å². The van der Waals surface area contributed by atoms with Crippen molar-refractivity contribution in [1.82, 2.24) is 0 Å². The lowest BCUT2D eigenvalue weighted by Crippen LogP contribution is -1.96. The van der Waals surface area contributed by atoms with Gasteiger partial charge in [0, 0.05) is 0 Å². The summed E-state index contributed by atoms with van der Waals surface area (Å²) in [6, 6.07) is 0. The molecule has 0 aromatic heterocycles. The molecule has 0 rings (SSSR count). The summed E-state index contributed by atoms with van der Waals surface area (Å²) in [4.78, 5) is 17.7. The highest BCUT2D eigenvalue weighted by molar-refractivity contribution is 7.32. The maximum Gasteiger partial charge on any atom is 0.514 e. The number of hydrogen-bond acceptors (Lipinski definition) is 4. The fourth-order valence-electron chi connectivity index (χ4n) is 0.113. The lowest BCUT2D eigenvalue weighted by Gasteiger charge is -1.94. The lowest BCUT2D eigenvalue weighted by atomic mass is 11.4. The highest BCUT2D eigenvalue weighted by atomic mass is 31.1. The number of carbonyl (C=O) groups excluding carboxylic acids is 1. The van der Waals surface area contributed by atoms with Gasteiger partial charge in [0.25, 0.3) is 0 Å². The summed E-state index contributed by atoms with van der Waals surface area (Å²) < 4.78 is 17.1. The van der Waals surface area contributed by atoms with E-state index >= 15 is 0 Å². The molecule has 5 nitrogen and oxygen atoms in total. The molecule has 0 saturated heterocycles. The first kappa shape index (κ1) is 7.46. The van der Waals surface area contributed by atoms with Crippen LogP contribution in [0.4, 0.5) is 4.79 Å². The van der Waals surface area contributed by atoms with Crippen LogP contribution < -0.4 is 0 Å². The third-order valence-electron chi connectivity index (χ3n) is 0.337. The van der Waals surface area contributed by atoms with Crippen molar-refractivity contribution in [2.45, 2.75) is 0 Å². The monoisotopic (exact) mass is 140 g/mol. The van der Waals surface area contributed by atoms with Gasteiger partial charge in [-0.3, -0.25) is 0 Å². The van der Waals surface area contributed by atoms with Crippen LogP contribution in [0, 0.1) is 0 Å². The van der Waals surface area contributed by atoms with Crippen molar-refractivity contribution >= 4 is 14.4 Å². The summed E-state index contributed by atoms with van der Waals surface area (Å²) in [7, 11) is -2.12. The second kappa shape index (κ2) is 3.46. The minimum atomic E-state index is -3.17. The maximum absolute atomic E-state index is 9.84. The lowest BCUT2D eigenvalue weighted by molar-refractivity contribution is 0.120. The smallest absolute Gasteiger partial charge is 0.437 e. The van der Waals surface area contributed by atoms with Crippen LogP contribution in [-0.4, -0.2) is 18.2 Å². The van der Waals surface area contributed by atoms with E-state index in [0.717, 1.165) is 7.11 Å². The Balaban J connectivity index is 3.40. The van der Waals surface area contributed by atoms with Gasteiger partial charge in [0.05, 0.1) is 7.11 Å². The molecule has 48 valence electrons. The number of methoxy groups -OCH3 is 1. The van der Waals surface area contributed by atoms with Gasteiger partial charge < -0.3 is 14.2 Å². The largest absolute Gasteiger partial charge is 0.514 e. The minimum absolute atomic E-state index is 1.05. The van der Waals surface area contributed by atoms with Crippen LogP contribution in [0.1, 0.15) is 0 Å². The van der Waals surface area contributed by atoms with Crippen LogP contribution in [0.5, 0.6) is 0 Å². The first-order valence-corrected chi connectivity index (χ1v) is 2.92.